The van der Waals surface area contributed by atoms with Gasteiger partial charge >= 0.3 is 5.97 Å². The largest absolute Gasteiger partial charge is 0.477 e. The number of carboxylic acids is 1. The Labute approximate surface area is 138 Å². The molecule has 0 amide bonds. The van der Waals surface area contributed by atoms with Crippen LogP contribution in [0, 0.1) is 5.92 Å². The van der Waals surface area contributed by atoms with Crippen LogP contribution < -0.4 is 5.56 Å². The van der Waals surface area contributed by atoms with Crippen molar-refractivity contribution in [3.8, 4) is 0 Å². The van der Waals surface area contributed by atoms with Crippen molar-refractivity contribution >= 4 is 27.4 Å². The van der Waals surface area contributed by atoms with Crippen LogP contribution >= 0.6 is 11.3 Å². The van der Waals surface area contributed by atoms with Crippen LogP contribution in [0.15, 0.2) is 10.9 Å². The summed E-state index contributed by atoms with van der Waals surface area (Å²) in [6, 6.07) is 1.79. The molecule has 1 unspecified atom stereocenters. The van der Waals surface area contributed by atoms with E-state index in [0.29, 0.717) is 5.92 Å². The molecule has 23 heavy (non-hydrogen) atoms. The Bertz CT molecular complexity index is 842. The van der Waals surface area contributed by atoms with Crippen molar-refractivity contribution in [3.05, 3.63) is 32.6 Å². The lowest BCUT2D eigenvalue weighted by Gasteiger charge is -2.19. The molecule has 1 fully saturated rings. The first kappa shape index (κ1) is 14.9. The Kier molecular flexibility index (Phi) is 3.56. The minimum atomic E-state index is -0.990. The fourth-order valence-corrected chi connectivity index (χ4v) is 5.67. The summed E-state index contributed by atoms with van der Waals surface area (Å²) in [6.45, 7) is 2.24. The monoisotopic (exact) mass is 331 g/mol. The Morgan fingerprint density at radius 1 is 1.30 bits per heavy atom. The van der Waals surface area contributed by atoms with Gasteiger partial charge in [0.2, 0.25) is 0 Å². The van der Waals surface area contributed by atoms with Crippen LogP contribution in [0.2, 0.25) is 0 Å². The summed E-state index contributed by atoms with van der Waals surface area (Å²) in [5, 5.41) is 10.4. The second-order valence-electron chi connectivity index (χ2n) is 7.04. The molecule has 0 aliphatic heterocycles. The average molecular weight is 331 g/mol. The van der Waals surface area contributed by atoms with Gasteiger partial charge in [-0.2, -0.15) is 0 Å². The molecule has 122 valence electrons. The van der Waals surface area contributed by atoms with E-state index in [-0.39, 0.29) is 17.3 Å². The number of aromatic nitrogens is 1. The quantitative estimate of drug-likeness (QED) is 0.905. The molecule has 4 rings (SSSR count). The van der Waals surface area contributed by atoms with E-state index < -0.39 is 5.97 Å². The maximum absolute atomic E-state index is 13.2. The number of nitrogens with zero attached hydrogens (tertiary/aromatic N) is 1. The topological polar surface area (TPSA) is 59.3 Å². The van der Waals surface area contributed by atoms with Gasteiger partial charge in [0, 0.05) is 15.6 Å². The number of hydrogen-bond acceptors (Lipinski definition) is 3. The van der Waals surface area contributed by atoms with Gasteiger partial charge in [-0.25, -0.2) is 4.79 Å². The van der Waals surface area contributed by atoms with Crippen molar-refractivity contribution in [1.29, 1.82) is 0 Å². The molecule has 1 saturated carbocycles. The molecule has 4 nitrogen and oxygen atoms in total. The van der Waals surface area contributed by atoms with E-state index in [1.807, 2.05) is 0 Å². The van der Waals surface area contributed by atoms with Crippen LogP contribution in [0.3, 0.4) is 0 Å². The van der Waals surface area contributed by atoms with Gasteiger partial charge in [-0.05, 0) is 49.7 Å². The number of aromatic carboxylic acids is 1. The van der Waals surface area contributed by atoms with E-state index in [1.165, 1.54) is 10.4 Å². The Balaban J connectivity index is 2.00. The SMILES string of the molecule is CC1CCc2c(sc3cc(C(=O)O)n(C4CCCC4)c(=O)c23)C1. The molecule has 1 atom stereocenters. The second kappa shape index (κ2) is 5.48. The summed E-state index contributed by atoms with van der Waals surface area (Å²) in [5.74, 6) is -0.345. The summed E-state index contributed by atoms with van der Waals surface area (Å²) < 4.78 is 2.45. The van der Waals surface area contributed by atoms with E-state index in [1.54, 1.807) is 22.0 Å². The summed E-state index contributed by atoms with van der Waals surface area (Å²) in [4.78, 5) is 26.2. The zero-order chi connectivity index (χ0) is 16.1. The van der Waals surface area contributed by atoms with E-state index in [4.69, 9.17) is 0 Å². The van der Waals surface area contributed by atoms with Crippen LogP contribution in [-0.4, -0.2) is 15.6 Å². The normalized spacial score (nSPS) is 21.7. The predicted molar refractivity (Wildman–Crippen MR) is 91.7 cm³/mol. The maximum atomic E-state index is 13.2. The number of carbonyl (C=O) groups is 1. The van der Waals surface area contributed by atoms with Gasteiger partial charge in [-0.15, -0.1) is 11.3 Å². The summed E-state index contributed by atoms with van der Waals surface area (Å²) in [6.07, 6.45) is 7.05. The summed E-state index contributed by atoms with van der Waals surface area (Å²) in [7, 11) is 0. The fourth-order valence-electron chi connectivity index (χ4n) is 4.22. The Morgan fingerprint density at radius 2 is 2.04 bits per heavy atom. The lowest BCUT2D eigenvalue weighted by atomic mass is 9.89. The minimum absolute atomic E-state index is 0.0519. The molecule has 2 aliphatic carbocycles. The van der Waals surface area contributed by atoms with Crippen LogP contribution in [0.5, 0.6) is 0 Å². The molecule has 0 saturated heterocycles. The second-order valence-corrected chi connectivity index (χ2v) is 8.18. The fraction of sp³-hybridized carbons (Fsp3) is 0.556. The van der Waals surface area contributed by atoms with E-state index >= 15 is 0 Å². The van der Waals surface area contributed by atoms with Gasteiger partial charge in [-0.3, -0.25) is 9.36 Å². The number of thiophene rings is 1. The zero-order valence-electron chi connectivity index (χ0n) is 13.3. The minimum Gasteiger partial charge on any atom is -0.477 e. The number of aryl methyl sites for hydroxylation is 1. The van der Waals surface area contributed by atoms with Crippen molar-refractivity contribution < 1.29 is 9.90 Å². The molecular formula is C18H21NO3S. The van der Waals surface area contributed by atoms with Crippen molar-refractivity contribution in [3.63, 3.8) is 0 Å². The van der Waals surface area contributed by atoms with Crippen LogP contribution in [-0.2, 0) is 12.8 Å². The Morgan fingerprint density at radius 3 is 2.74 bits per heavy atom. The smallest absolute Gasteiger partial charge is 0.352 e. The average Bonchev–Trinajstić information content (AvgIpc) is 3.13. The molecule has 2 aliphatic rings. The molecule has 0 bridgehead atoms. The Hall–Kier alpha value is -1.62. The highest BCUT2D eigenvalue weighted by Crippen LogP contribution is 2.38. The third-order valence-corrected chi connectivity index (χ3v) is 6.61. The molecule has 2 aromatic rings. The summed E-state index contributed by atoms with van der Waals surface area (Å²) >= 11 is 1.62. The third-order valence-electron chi connectivity index (χ3n) is 5.41. The van der Waals surface area contributed by atoms with Crippen LogP contribution in [0.1, 0.15) is 66.0 Å². The first-order valence-electron chi connectivity index (χ1n) is 8.49. The lowest BCUT2D eigenvalue weighted by molar-refractivity contribution is 0.0681. The van der Waals surface area contributed by atoms with E-state index in [9.17, 15) is 14.7 Å². The van der Waals surface area contributed by atoms with Crippen molar-refractivity contribution in [2.45, 2.75) is 57.9 Å². The molecule has 0 aromatic carbocycles. The van der Waals surface area contributed by atoms with E-state index in [2.05, 4.69) is 6.92 Å². The van der Waals surface area contributed by atoms with Crippen LogP contribution in [0.25, 0.3) is 10.1 Å². The number of carboxylic acid groups (broad SMARTS) is 1. The van der Waals surface area contributed by atoms with Crippen LogP contribution in [0.4, 0.5) is 0 Å². The van der Waals surface area contributed by atoms with Gasteiger partial charge in [0.15, 0.2) is 0 Å². The van der Waals surface area contributed by atoms with Gasteiger partial charge in [0.1, 0.15) is 5.69 Å². The van der Waals surface area contributed by atoms with Gasteiger partial charge < -0.3 is 5.11 Å². The van der Waals surface area contributed by atoms with Gasteiger partial charge in [0.05, 0.1) is 5.39 Å². The molecular weight excluding hydrogens is 310 g/mol. The molecule has 5 heteroatoms. The van der Waals surface area contributed by atoms with Crippen molar-refractivity contribution in [2.24, 2.45) is 5.92 Å². The highest BCUT2D eigenvalue weighted by atomic mass is 32.1. The van der Waals surface area contributed by atoms with Gasteiger partial charge in [0.25, 0.3) is 5.56 Å². The number of fused-ring (bicyclic) bond motifs is 3. The number of pyridine rings is 1. The third kappa shape index (κ3) is 2.33. The molecule has 2 heterocycles. The molecule has 0 radical (unpaired) electrons. The molecule has 1 N–H and O–H groups in total. The lowest BCUT2D eigenvalue weighted by Crippen LogP contribution is -2.29. The van der Waals surface area contributed by atoms with Gasteiger partial charge in [-0.1, -0.05) is 19.8 Å². The molecule has 0 spiro atoms. The standard InChI is InChI=1S/C18H21NO3S/c1-10-6-7-12-14(8-10)23-15-9-13(18(21)22)19(17(20)16(12)15)11-4-2-3-5-11/h9-11H,2-8H2,1H3,(H,21,22). The first-order valence-corrected chi connectivity index (χ1v) is 9.31. The maximum Gasteiger partial charge on any atom is 0.352 e. The number of rotatable bonds is 2. The zero-order valence-corrected chi connectivity index (χ0v) is 14.1. The number of hydrogen-bond donors (Lipinski definition) is 1. The summed E-state index contributed by atoms with van der Waals surface area (Å²) in [5.41, 5.74) is 1.29. The van der Waals surface area contributed by atoms with Crippen molar-refractivity contribution in [1.82, 2.24) is 4.57 Å². The first-order chi connectivity index (χ1) is 11.1. The van der Waals surface area contributed by atoms with E-state index in [0.717, 1.165) is 55.0 Å². The predicted octanol–water partition coefficient (Wildman–Crippen LogP) is 4.00. The highest BCUT2D eigenvalue weighted by molar-refractivity contribution is 7.19. The highest BCUT2D eigenvalue weighted by Gasteiger charge is 2.28. The molecule has 2 aromatic heterocycles. The van der Waals surface area contributed by atoms with Crippen molar-refractivity contribution in [2.75, 3.05) is 0 Å².